The molecule has 0 unspecified atom stereocenters. The predicted octanol–water partition coefficient (Wildman–Crippen LogP) is 3.77. The van der Waals surface area contributed by atoms with Crippen molar-refractivity contribution in [3.8, 4) is 6.07 Å². The number of primary sulfonamides is 1. The van der Waals surface area contributed by atoms with E-state index in [-0.39, 0.29) is 21.3 Å². The Morgan fingerprint density at radius 2 is 1.90 bits per heavy atom. The minimum Gasteiger partial charge on any atom is -0.383 e. The van der Waals surface area contributed by atoms with Crippen LogP contribution in [0.3, 0.4) is 0 Å². The Labute approximate surface area is 180 Å². The molecular formula is C19H24ClFN4O2S2. The lowest BCUT2D eigenvalue weighted by molar-refractivity contribution is 0.405. The van der Waals surface area contributed by atoms with Crippen molar-refractivity contribution in [1.29, 1.82) is 5.26 Å². The molecule has 0 aliphatic carbocycles. The number of hydrogen-bond acceptors (Lipinski definition) is 6. The number of anilines is 1. The first-order valence-electron chi connectivity index (χ1n) is 8.53. The van der Waals surface area contributed by atoms with Crippen LogP contribution in [0.2, 0.25) is 5.02 Å². The number of rotatable bonds is 7. The van der Waals surface area contributed by atoms with Gasteiger partial charge in [0.1, 0.15) is 11.9 Å². The lowest BCUT2D eigenvalue weighted by atomic mass is 10.2. The van der Waals surface area contributed by atoms with Crippen molar-refractivity contribution in [2.75, 3.05) is 38.8 Å². The average molecular weight is 459 g/mol. The Hall–Kier alpha value is -1.83. The molecule has 0 radical (unpaired) electrons. The van der Waals surface area contributed by atoms with E-state index in [1.807, 2.05) is 31.3 Å². The van der Waals surface area contributed by atoms with Crippen molar-refractivity contribution >= 4 is 39.1 Å². The van der Waals surface area contributed by atoms with Gasteiger partial charge in [-0.05, 0) is 69.7 Å². The molecule has 3 N–H and O–H groups in total. The fraction of sp³-hybridized carbons (Fsp3) is 0.316. The van der Waals surface area contributed by atoms with Crippen LogP contribution in [0.25, 0.3) is 0 Å². The smallest absolute Gasteiger partial charge is 0.238 e. The molecule has 0 aliphatic heterocycles. The van der Waals surface area contributed by atoms with Crippen LogP contribution in [0.1, 0.15) is 12.0 Å². The van der Waals surface area contributed by atoms with Gasteiger partial charge in [-0.25, -0.2) is 17.9 Å². The van der Waals surface area contributed by atoms with Crippen molar-refractivity contribution in [2.45, 2.75) is 16.2 Å². The number of nitriles is 1. The summed E-state index contributed by atoms with van der Waals surface area (Å²) in [5.74, 6) is -0.173. The highest BCUT2D eigenvalue weighted by Crippen LogP contribution is 2.29. The van der Waals surface area contributed by atoms with Crippen LogP contribution >= 0.6 is 23.4 Å². The maximum atomic E-state index is 12.2. The molecule has 0 saturated carbocycles. The molecule has 10 heteroatoms. The molecule has 2 rings (SSSR count). The van der Waals surface area contributed by atoms with Crippen LogP contribution in [0, 0.1) is 17.1 Å². The molecule has 2 aromatic rings. The van der Waals surface area contributed by atoms with Gasteiger partial charge in [-0.3, -0.25) is 0 Å². The highest BCUT2D eigenvalue weighted by Gasteiger charge is 2.15. The second-order valence-electron chi connectivity index (χ2n) is 6.23. The number of benzene rings is 2. The molecular weight excluding hydrogens is 435 g/mol. The van der Waals surface area contributed by atoms with E-state index in [0.29, 0.717) is 12.2 Å². The Bertz CT molecular complexity index is 946. The summed E-state index contributed by atoms with van der Waals surface area (Å²) in [7, 11) is 0.0526. The van der Waals surface area contributed by atoms with Crippen molar-refractivity contribution in [3.05, 3.63) is 52.8 Å². The van der Waals surface area contributed by atoms with Gasteiger partial charge in [0.15, 0.2) is 0 Å². The van der Waals surface area contributed by atoms with Gasteiger partial charge in [0.05, 0.1) is 21.2 Å². The molecule has 0 spiro atoms. The van der Waals surface area contributed by atoms with E-state index in [0.717, 1.165) is 17.9 Å². The molecule has 0 aromatic heterocycles. The number of thioether (sulfide) groups is 1. The third-order valence-electron chi connectivity index (χ3n) is 3.65. The summed E-state index contributed by atoms with van der Waals surface area (Å²) in [5.41, 5.74) is 0.590. The van der Waals surface area contributed by atoms with Gasteiger partial charge in [-0.1, -0.05) is 11.6 Å². The number of nitrogens with zero attached hydrogens (tertiary/aromatic N) is 2. The number of nitrogens with one attached hydrogen (secondary N) is 1. The SMILES string of the molecule is CN(C)CCCNc1c(Cl)cc(S(N)(=O)=O)cc1C#N.CSc1ccc(F)cc1. The highest BCUT2D eigenvalue weighted by atomic mass is 35.5. The zero-order valence-corrected chi connectivity index (χ0v) is 18.8. The minimum atomic E-state index is -3.88. The van der Waals surface area contributed by atoms with Gasteiger partial charge in [-0.2, -0.15) is 5.26 Å². The van der Waals surface area contributed by atoms with Crippen LogP contribution in [-0.4, -0.2) is 46.8 Å². The van der Waals surface area contributed by atoms with Gasteiger partial charge in [0, 0.05) is 11.4 Å². The first kappa shape index (κ1) is 25.2. The Kier molecular flexibility index (Phi) is 10.4. The lowest BCUT2D eigenvalue weighted by Crippen LogP contribution is -2.17. The van der Waals surface area contributed by atoms with Crippen molar-refractivity contribution in [3.63, 3.8) is 0 Å². The van der Waals surface area contributed by atoms with Crippen molar-refractivity contribution in [2.24, 2.45) is 5.14 Å². The van der Waals surface area contributed by atoms with Gasteiger partial charge in [0.25, 0.3) is 0 Å². The molecule has 0 aliphatic rings. The molecule has 0 fully saturated rings. The van der Waals surface area contributed by atoms with E-state index in [1.54, 1.807) is 23.9 Å². The third-order valence-corrected chi connectivity index (χ3v) is 5.58. The number of hydrogen-bond donors (Lipinski definition) is 2. The number of nitrogens with two attached hydrogens (primary N) is 1. The Morgan fingerprint density at radius 1 is 1.28 bits per heavy atom. The normalized spacial score (nSPS) is 10.8. The molecule has 29 heavy (non-hydrogen) atoms. The maximum Gasteiger partial charge on any atom is 0.238 e. The number of sulfonamides is 1. The zero-order chi connectivity index (χ0) is 22.0. The summed E-state index contributed by atoms with van der Waals surface area (Å²) in [5, 5.41) is 17.3. The molecule has 0 heterocycles. The van der Waals surface area contributed by atoms with Crippen molar-refractivity contribution < 1.29 is 12.8 Å². The second kappa shape index (κ2) is 12.0. The molecule has 158 valence electrons. The lowest BCUT2D eigenvalue weighted by Gasteiger charge is -2.13. The van der Waals surface area contributed by atoms with E-state index in [9.17, 15) is 12.8 Å². The van der Waals surface area contributed by atoms with Gasteiger partial charge < -0.3 is 10.2 Å². The first-order valence-corrected chi connectivity index (χ1v) is 11.7. The molecule has 0 atom stereocenters. The largest absolute Gasteiger partial charge is 0.383 e. The second-order valence-corrected chi connectivity index (χ2v) is 9.07. The summed E-state index contributed by atoms with van der Waals surface area (Å²) in [6.07, 6.45) is 2.83. The molecule has 0 amide bonds. The molecule has 0 bridgehead atoms. The standard InChI is InChI=1S/C12H17ClN4O2S.C7H7FS/c1-17(2)5-3-4-16-12-9(8-14)6-10(7-11(12)13)20(15,18)19;1-9-7-4-2-6(8)3-5-7/h6-7,16H,3-5H2,1-2H3,(H2,15,18,19);2-5H,1H3. The van der Waals surface area contributed by atoms with E-state index < -0.39 is 10.0 Å². The summed E-state index contributed by atoms with van der Waals surface area (Å²) in [6.45, 7) is 1.52. The van der Waals surface area contributed by atoms with Gasteiger partial charge in [0.2, 0.25) is 10.0 Å². The van der Waals surface area contributed by atoms with E-state index >= 15 is 0 Å². The minimum absolute atomic E-state index is 0.159. The van der Waals surface area contributed by atoms with Crippen LogP contribution in [0.5, 0.6) is 0 Å². The van der Waals surface area contributed by atoms with Gasteiger partial charge in [-0.15, -0.1) is 11.8 Å². The summed E-state index contributed by atoms with van der Waals surface area (Å²) < 4.78 is 34.8. The summed E-state index contributed by atoms with van der Waals surface area (Å²) in [6, 6.07) is 10.8. The van der Waals surface area contributed by atoms with E-state index in [2.05, 4.69) is 5.32 Å². The number of halogens is 2. The molecule has 6 nitrogen and oxygen atoms in total. The quantitative estimate of drug-likeness (QED) is 0.484. The van der Waals surface area contributed by atoms with E-state index in [1.165, 1.54) is 24.3 Å². The van der Waals surface area contributed by atoms with Gasteiger partial charge >= 0.3 is 0 Å². The third kappa shape index (κ3) is 9.02. The van der Waals surface area contributed by atoms with E-state index in [4.69, 9.17) is 22.0 Å². The summed E-state index contributed by atoms with van der Waals surface area (Å²) in [4.78, 5) is 2.97. The van der Waals surface area contributed by atoms with Crippen LogP contribution in [-0.2, 0) is 10.0 Å². The monoisotopic (exact) mass is 458 g/mol. The van der Waals surface area contributed by atoms with Crippen molar-refractivity contribution in [1.82, 2.24) is 4.90 Å². The first-order chi connectivity index (χ1) is 13.6. The maximum absolute atomic E-state index is 12.2. The fourth-order valence-electron chi connectivity index (χ4n) is 2.19. The Morgan fingerprint density at radius 3 is 2.38 bits per heavy atom. The topological polar surface area (TPSA) is 99.2 Å². The van der Waals surface area contributed by atoms with Crippen LogP contribution < -0.4 is 10.5 Å². The van der Waals surface area contributed by atoms with Crippen LogP contribution in [0.4, 0.5) is 10.1 Å². The molecule has 2 aromatic carbocycles. The molecule has 0 saturated heterocycles. The predicted molar refractivity (Wildman–Crippen MR) is 117 cm³/mol. The highest BCUT2D eigenvalue weighted by molar-refractivity contribution is 7.98. The van der Waals surface area contributed by atoms with Crippen LogP contribution in [0.15, 0.2) is 46.2 Å². The average Bonchev–Trinajstić information content (AvgIpc) is 2.66. The summed E-state index contributed by atoms with van der Waals surface area (Å²) >= 11 is 7.63. The zero-order valence-electron chi connectivity index (χ0n) is 16.4. The Balaban J connectivity index is 0.000000387. The fourth-order valence-corrected chi connectivity index (χ4v) is 3.52.